The molecule has 0 amide bonds. The number of benzene rings is 3. The number of nitrogens with zero attached hydrogens (tertiary/aromatic N) is 1. The Kier molecular flexibility index (Phi) is 9.27. The average Bonchev–Trinajstić information content (AvgIpc) is 2.93. The summed E-state index contributed by atoms with van der Waals surface area (Å²) in [7, 11) is 1.64. The number of methoxy groups -OCH3 is 1. The second-order valence-corrected chi connectivity index (χ2v) is 9.78. The first-order valence-electron chi connectivity index (χ1n) is 12.4. The van der Waals surface area contributed by atoms with Crippen LogP contribution < -0.4 is 14.2 Å². The SMILES string of the molecule is CCOC(=O)C(=Cc1ccc(OCc2cnc3ccc(OC)cc3c2OC(C)C)cc1)Sc1ccccc1. The van der Waals surface area contributed by atoms with E-state index in [4.69, 9.17) is 18.9 Å². The van der Waals surface area contributed by atoms with Crippen molar-refractivity contribution in [3.05, 3.63) is 95.0 Å². The number of aromatic nitrogens is 1. The summed E-state index contributed by atoms with van der Waals surface area (Å²) in [6.07, 6.45) is 3.60. The summed E-state index contributed by atoms with van der Waals surface area (Å²) in [5, 5.41) is 0.877. The molecule has 4 aromatic rings. The molecule has 6 nitrogen and oxygen atoms in total. The Labute approximate surface area is 227 Å². The quantitative estimate of drug-likeness (QED) is 0.115. The lowest BCUT2D eigenvalue weighted by Crippen LogP contribution is -2.10. The largest absolute Gasteiger partial charge is 0.497 e. The molecule has 0 spiro atoms. The number of fused-ring (bicyclic) bond motifs is 1. The summed E-state index contributed by atoms with van der Waals surface area (Å²) < 4.78 is 22.9. The summed E-state index contributed by atoms with van der Waals surface area (Å²) in [5.41, 5.74) is 2.53. The molecule has 0 radical (unpaired) electrons. The second kappa shape index (κ2) is 13.0. The molecule has 1 heterocycles. The molecule has 196 valence electrons. The van der Waals surface area contributed by atoms with Crippen LogP contribution in [0.5, 0.6) is 17.2 Å². The minimum Gasteiger partial charge on any atom is -0.497 e. The van der Waals surface area contributed by atoms with Gasteiger partial charge in [0, 0.05) is 16.5 Å². The number of esters is 1. The first kappa shape index (κ1) is 27.1. The highest BCUT2D eigenvalue weighted by Crippen LogP contribution is 2.33. The molecule has 0 saturated carbocycles. The van der Waals surface area contributed by atoms with Crippen molar-refractivity contribution in [1.29, 1.82) is 0 Å². The minimum atomic E-state index is -0.347. The van der Waals surface area contributed by atoms with Crippen LogP contribution in [0.2, 0.25) is 0 Å². The van der Waals surface area contributed by atoms with E-state index in [2.05, 4.69) is 4.98 Å². The molecule has 0 aliphatic carbocycles. The molecule has 7 heteroatoms. The Balaban J connectivity index is 1.53. The summed E-state index contributed by atoms with van der Waals surface area (Å²) in [4.78, 5) is 18.6. The number of ether oxygens (including phenoxy) is 4. The molecule has 0 atom stereocenters. The van der Waals surface area contributed by atoms with Crippen molar-refractivity contribution < 1.29 is 23.7 Å². The number of pyridine rings is 1. The highest BCUT2D eigenvalue weighted by molar-refractivity contribution is 8.04. The molecule has 0 bridgehead atoms. The first-order chi connectivity index (χ1) is 18.5. The van der Waals surface area contributed by atoms with Crippen molar-refractivity contribution in [2.45, 2.75) is 38.4 Å². The van der Waals surface area contributed by atoms with Crippen LogP contribution in [0.1, 0.15) is 31.9 Å². The Morgan fingerprint density at radius 1 is 1.00 bits per heavy atom. The van der Waals surface area contributed by atoms with Gasteiger partial charge in [-0.25, -0.2) is 4.79 Å². The van der Waals surface area contributed by atoms with Crippen molar-refractivity contribution >= 4 is 34.7 Å². The van der Waals surface area contributed by atoms with Crippen molar-refractivity contribution in [1.82, 2.24) is 4.98 Å². The summed E-state index contributed by atoms with van der Waals surface area (Å²) >= 11 is 1.38. The maximum Gasteiger partial charge on any atom is 0.344 e. The monoisotopic (exact) mass is 529 g/mol. The zero-order valence-electron chi connectivity index (χ0n) is 22.0. The first-order valence-corrected chi connectivity index (χ1v) is 13.2. The van der Waals surface area contributed by atoms with Gasteiger partial charge in [-0.2, -0.15) is 0 Å². The lowest BCUT2D eigenvalue weighted by Gasteiger charge is -2.17. The van der Waals surface area contributed by atoms with Gasteiger partial charge in [-0.05, 0) is 74.9 Å². The topological polar surface area (TPSA) is 66.9 Å². The Bertz CT molecular complexity index is 1400. The second-order valence-electron chi connectivity index (χ2n) is 8.66. The van der Waals surface area contributed by atoms with Crippen LogP contribution >= 0.6 is 11.8 Å². The molecule has 3 aromatic carbocycles. The standard InChI is InChI=1S/C31H31NO5S/c1-5-35-31(33)29(38-26-9-7-6-8-10-26)17-22-11-13-24(14-12-22)36-20-23-19-32-28-16-15-25(34-4)18-27(28)30(23)37-21(2)3/h6-19,21H,5,20H2,1-4H3. The maximum absolute atomic E-state index is 12.6. The van der Waals surface area contributed by atoms with Gasteiger partial charge in [-0.15, -0.1) is 0 Å². The van der Waals surface area contributed by atoms with Crippen LogP contribution in [0.4, 0.5) is 0 Å². The van der Waals surface area contributed by atoms with Crippen molar-refractivity contribution in [3.63, 3.8) is 0 Å². The predicted octanol–water partition coefficient (Wildman–Crippen LogP) is 7.31. The molecule has 0 aliphatic rings. The third kappa shape index (κ3) is 7.07. The van der Waals surface area contributed by atoms with Gasteiger partial charge in [0.25, 0.3) is 0 Å². The van der Waals surface area contributed by atoms with Gasteiger partial charge >= 0.3 is 5.97 Å². The van der Waals surface area contributed by atoms with E-state index in [0.29, 0.717) is 17.3 Å². The molecule has 0 aliphatic heterocycles. The molecule has 4 rings (SSSR count). The normalized spacial score (nSPS) is 11.4. The fraction of sp³-hybridized carbons (Fsp3) is 0.226. The minimum absolute atomic E-state index is 0.0148. The third-order valence-corrected chi connectivity index (χ3v) is 6.49. The molecule has 0 N–H and O–H groups in total. The molecule has 0 unspecified atom stereocenters. The number of hydrogen-bond acceptors (Lipinski definition) is 7. The van der Waals surface area contributed by atoms with Crippen molar-refractivity contribution in [3.8, 4) is 17.2 Å². The van der Waals surface area contributed by atoms with Crippen LogP contribution in [-0.4, -0.2) is 30.8 Å². The summed E-state index contributed by atoms with van der Waals surface area (Å²) in [6.45, 7) is 6.38. The predicted molar refractivity (Wildman–Crippen MR) is 152 cm³/mol. The van der Waals surface area contributed by atoms with E-state index >= 15 is 0 Å². The number of carbonyl (C=O) groups excluding carboxylic acids is 1. The highest BCUT2D eigenvalue weighted by atomic mass is 32.2. The molecule has 0 fully saturated rings. The molecular weight excluding hydrogens is 498 g/mol. The van der Waals surface area contributed by atoms with Gasteiger partial charge in [0.15, 0.2) is 0 Å². The fourth-order valence-electron chi connectivity index (χ4n) is 3.71. The lowest BCUT2D eigenvalue weighted by molar-refractivity contribution is -0.137. The van der Waals surface area contributed by atoms with Crippen LogP contribution in [0, 0.1) is 0 Å². The van der Waals surface area contributed by atoms with Gasteiger partial charge in [0.05, 0.1) is 35.8 Å². The van der Waals surface area contributed by atoms with Gasteiger partial charge in [-0.1, -0.05) is 42.1 Å². The average molecular weight is 530 g/mol. The molecular formula is C31H31NO5S. The number of thioether (sulfide) groups is 1. The van der Waals surface area contributed by atoms with Gasteiger partial charge in [0.1, 0.15) is 23.9 Å². The lowest BCUT2D eigenvalue weighted by atomic mass is 10.1. The Morgan fingerprint density at radius 3 is 2.42 bits per heavy atom. The van der Waals surface area contributed by atoms with E-state index in [1.165, 1.54) is 11.8 Å². The van der Waals surface area contributed by atoms with Crippen LogP contribution in [0.25, 0.3) is 17.0 Å². The summed E-state index contributed by atoms with van der Waals surface area (Å²) in [6, 6.07) is 23.1. The van der Waals surface area contributed by atoms with Crippen molar-refractivity contribution in [2.24, 2.45) is 0 Å². The molecule has 1 aromatic heterocycles. The third-order valence-electron chi connectivity index (χ3n) is 5.47. The van der Waals surface area contributed by atoms with E-state index in [9.17, 15) is 4.79 Å². The van der Waals surface area contributed by atoms with E-state index < -0.39 is 0 Å². The van der Waals surface area contributed by atoms with Crippen LogP contribution in [0.3, 0.4) is 0 Å². The zero-order chi connectivity index (χ0) is 26.9. The number of rotatable bonds is 11. The highest BCUT2D eigenvalue weighted by Gasteiger charge is 2.15. The van der Waals surface area contributed by atoms with Gasteiger partial charge < -0.3 is 18.9 Å². The number of carbonyl (C=O) groups is 1. The van der Waals surface area contributed by atoms with Crippen LogP contribution in [-0.2, 0) is 16.1 Å². The van der Waals surface area contributed by atoms with E-state index in [1.807, 2.05) is 92.7 Å². The van der Waals surface area contributed by atoms with E-state index in [1.54, 1.807) is 20.2 Å². The molecule has 0 saturated heterocycles. The zero-order valence-corrected chi connectivity index (χ0v) is 22.8. The fourth-order valence-corrected chi connectivity index (χ4v) is 4.60. The van der Waals surface area contributed by atoms with E-state index in [-0.39, 0.29) is 18.7 Å². The van der Waals surface area contributed by atoms with Gasteiger partial charge in [0.2, 0.25) is 0 Å². The number of hydrogen-bond donors (Lipinski definition) is 0. The van der Waals surface area contributed by atoms with Crippen molar-refractivity contribution in [2.75, 3.05) is 13.7 Å². The maximum atomic E-state index is 12.6. The smallest absolute Gasteiger partial charge is 0.344 e. The summed E-state index contributed by atoms with van der Waals surface area (Å²) in [5.74, 6) is 1.82. The van der Waals surface area contributed by atoms with E-state index in [0.717, 1.165) is 38.4 Å². The van der Waals surface area contributed by atoms with Crippen LogP contribution in [0.15, 0.2) is 88.8 Å². The van der Waals surface area contributed by atoms with Gasteiger partial charge in [-0.3, -0.25) is 4.98 Å². The Morgan fingerprint density at radius 2 is 1.74 bits per heavy atom. The molecule has 38 heavy (non-hydrogen) atoms. The Hall–Kier alpha value is -3.97.